The lowest BCUT2D eigenvalue weighted by molar-refractivity contribution is -0.168. The molecular weight excluding hydrogens is 380 g/mol. The Balaban J connectivity index is 1.54. The molecule has 0 aliphatic heterocycles. The third-order valence-corrected chi connectivity index (χ3v) is 9.82. The molecule has 3 aliphatic rings. The van der Waals surface area contributed by atoms with E-state index in [2.05, 4.69) is 34.6 Å². The molecule has 0 saturated heterocycles. The fraction of sp³-hybridized carbons (Fsp3) is 0.690. The van der Waals surface area contributed by atoms with Crippen molar-refractivity contribution < 1.29 is 9.53 Å². The summed E-state index contributed by atoms with van der Waals surface area (Å²) in [6.45, 7) is 12.5. The van der Waals surface area contributed by atoms with E-state index in [4.69, 9.17) is 4.74 Å². The second-order valence-corrected chi connectivity index (χ2v) is 11.8. The van der Waals surface area contributed by atoms with Gasteiger partial charge in [0.2, 0.25) is 0 Å². The number of ether oxygens (including phenoxy) is 1. The molecule has 3 fully saturated rings. The quantitative estimate of drug-likeness (QED) is 0.371. The number of esters is 1. The Labute approximate surface area is 189 Å². The van der Waals surface area contributed by atoms with Crippen molar-refractivity contribution in [3.05, 3.63) is 42.0 Å². The van der Waals surface area contributed by atoms with Crippen LogP contribution in [-0.4, -0.2) is 12.1 Å². The number of carbonyl (C=O) groups is 1. The molecule has 7 atom stereocenters. The Kier molecular flexibility index (Phi) is 6.39. The SMILES string of the molecule is C[C@@H]1CCC(OC(=O)/C=C/c2ccccc2)[C@@]2(C)CC[C@H]3[C@H](C)CC[C@@H](C[C@H]12)C3(C)C. The van der Waals surface area contributed by atoms with E-state index >= 15 is 0 Å². The van der Waals surface area contributed by atoms with Crippen LogP contribution in [0.15, 0.2) is 36.4 Å². The van der Waals surface area contributed by atoms with Crippen LogP contribution in [0.1, 0.15) is 85.1 Å². The van der Waals surface area contributed by atoms with Gasteiger partial charge in [0.15, 0.2) is 0 Å². The second-order valence-electron chi connectivity index (χ2n) is 11.8. The highest BCUT2D eigenvalue weighted by Crippen LogP contribution is 2.60. The van der Waals surface area contributed by atoms with E-state index in [-0.39, 0.29) is 17.5 Å². The van der Waals surface area contributed by atoms with Gasteiger partial charge in [-0.1, -0.05) is 71.4 Å². The number of benzene rings is 1. The Morgan fingerprint density at radius 1 is 0.935 bits per heavy atom. The van der Waals surface area contributed by atoms with E-state index in [1.54, 1.807) is 6.08 Å². The van der Waals surface area contributed by atoms with Gasteiger partial charge in [-0.25, -0.2) is 4.79 Å². The molecule has 2 nitrogen and oxygen atoms in total. The first kappa shape index (κ1) is 22.6. The van der Waals surface area contributed by atoms with E-state index in [1.165, 1.54) is 38.5 Å². The summed E-state index contributed by atoms with van der Waals surface area (Å²) in [6, 6.07) is 10.0. The van der Waals surface area contributed by atoms with Crippen LogP contribution in [0, 0.1) is 40.4 Å². The largest absolute Gasteiger partial charge is 0.459 e. The van der Waals surface area contributed by atoms with Gasteiger partial charge in [-0.3, -0.25) is 0 Å². The predicted octanol–water partition coefficient (Wildman–Crippen LogP) is 7.54. The summed E-state index contributed by atoms with van der Waals surface area (Å²) in [6.07, 6.45) is 12.2. The number of carbonyl (C=O) groups excluding carboxylic acids is 1. The van der Waals surface area contributed by atoms with Crippen LogP contribution in [0.5, 0.6) is 0 Å². The van der Waals surface area contributed by atoms with Crippen LogP contribution >= 0.6 is 0 Å². The van der Waals surface area contributed by atoms with Gasteiger partial charge in [-0.05, 0) is 85.2 Å². The van der Waals surface area contributed by atoms with Crippen molar-refractivity contribution in [2.24, 2.45) is 40.4 Å². The Morgan fingerprint density at radius 2 is 1.61 bits per heavy atom. The zero-order valence-electron chi connectivity index (χ0n) is 20.3. The van der Waals surface area contributed by atoms with Crippen LogP contribution in [0.25, 0.3) is 6.08 Å². The third kappa shape index (κ3) is 4.37. The lowest BCUT2D eigenvalue weighted by Crippen LogP contribution is -2.53. The minimum Gasteiger partial charge on any atom is -0.459 e. The molecule has 31 heavy (non-hydrogen) atoms. The van der Waals surface area contributed by atoms with Crippen LogP contribution in [0.2, 0.25) is 0 Å². The molecule has 2 heteroatoms. The lowest BCUT2D eigenvalue weighted by atomic mass is 9.48. The van der Waals surface area contributed by atoms with E-state index in [0.29, 0.717) is 17.3 Å². The van der Waals surface area contributed by atoms with Crippen molar-refractivity contribution in [1.82, 2.24) is 0 Å². The highest BCUT2D eigenvalue weighted by atomic mass is 16.5. The van der Waals surface area contributed by atoms with Crippen molar-refractivity contribution in [3.8, 4) is 0 Å². The summed E-state index contributed by atoms with van der Waals surface area (Å²) in [7, 11) is 0. The lowest BCUT2D eigenvalue weighted by Gasteiger charge is -2.58. The molecule has 0 amide bonds. The van der Waals surface area contributed by atoms with E-state index in [0.717, 1.165) is 29.7 Å². The highest BCUT2D eigenvalue weighted by Gasteiger charge is 2.54. The van der Waals surface area contributed by atoms with Gasteiger partial charge in [-0.15, -0.1) is 0 Å². The molecule has 1 unspecified atom stereocenters. The number of rotatable bonds is 3. The van der Waals surface area contributed by atoms with Crippen molar-refractivity contribution in [2.45, 2.75) is 85.7 Å². The smallest absolute Gasteiger partial charge is 0.331 e. The van der Waals surface area contributed by atoms with Crippen LogP contribution < -0.4 is 0 Å². The maximum Gasteiger partial charge on any atom is 0.331 e. The van der Waals surface area contributed by atoms with Gasteiger partial charge in [-0.2, -0.15) is 0 Å². The molecule has 0 radical (unpaired) electrons. The fourth-order valence-electron chi connectivity index (χ4n) is 7.71. The monoisotopic (exact) mass is 422 g/mol. The Bertz CT molecular complexity index is 794. The zero-order valence-corrected chi connectivity index (χ0v) is 20.3. The number of fused-ring (bicyclic) bond motifs is 3. The molecule has 0 heterocycles. The highest BCUT2D eigenvalue weighted by molar-refractivity contribution is 5.87. The van der Waals surface area contributed by atoms with Gasteiger partial charge in [0, 0.05) is 11.5 Å². The van der Waals surface area contributed by atoms with Gasteiger partial charge < -0.3 is 4.74 Å². The fourth-order valence-corrected chi connectivity index (χ4v) is 7.71. The van der Waals surface area contributed by atoms with Crippen LogP contribution in [0.3, 0.4) is 0 Å². The van der Waals surface area contributed by atoms with Gasteiger partial charge in [0.05, 0.1) is 0 Å². The first-order valence-electron chi connectivity index (χ1n) is 12.7. The summed E-state index contributed by atoms with van der Waals surface area (Å²) >= 11 is 0. The van der Waals surface area contributed by atoms with Gasteiger partial charge in [0.25, 0.3) is 0 Å². The topological polar surface area (TPSA) is 26.3 Å². The van der Waals surface area contributed by atoms with Crippen molar-refractivity contribution in [3.63, 3.8) is 0 Å². The molecular formula is C29H42O2. The maximum absolute atomic E-state index is 12.8. The van der Waals surface area contributed by atoms with Gasteiger partial charge in [0.1, 0.15) is 6.10 Å². The zero-order chi connectivity index (χ0) is 22.2. The Hall–Kier alpha value is -1.57. The van der Waals surface area contributed by atoms with Gasteiger partial charge >= 0.3 is 5.97 Å². The predicted molar refractivity (Wildman–Crippen MR) is 128 cm³/mol. The first-order valence-corrected chi connectivity index (χ1v) is 12.7. The summed E-state index contributed by atoms with van der Waals surface area (Å²) in [5.74, 6) is 3.58. The molecule has 3 saturated carbocycles. The van der Waals surface area contributed by atoms with E-state index in [9.17, 15) is 4.79 Å². The Morgan fingerprint density at radius 3 is 2.35 bits per heavy atom. The molecule has 1 aromatic rings. The second kappa shape index (κ2) is 8.75. The average Bonchev–Trinajstić information content (AvgIpc) is 2.73. The normalized spacial score (nSPS) is 39.9. The average molecular weight is 423 g/mol. The molecule has 4 rings (SSSR count). The molecule has 2 bridgehead atoms. The molecule has 1 aromatic carbocycles. The minimum absolute atomic E-state index is 0.0406. The van der Waals surface area contributed by atoms with Crippen molar-refractivity contribution >= 4 is 12.0 Å². The summed E-state index contributed by atoms with van der Waals surface area (Å²) in [5, 5.41) is 0. The first-order chi connectivity index (χ1) is 14.7. The maximum atomic E-state index is 12.8. The van der Waals surface area contributed by atoms with Crippen molar-refractivity contribution in [2.75, 3.05) is 0 Å². The van der Waals surface area contributed by atoms with Crippen LogP contribution in [-0.2, 0) is 9.53 Å². The third-order valence-electron chi connectivity index (χ3n) is 9.82. The molecule has 0 spiro atoms. The summed E-state index contributed by atoms with van der Waals surface area (Å²) in [5.41, 5.74) is 1.56. The molecule has 3 aliphatic carbocycles. The van der Waals surface area contributed by atoms with E-state index in [1.807, 2.05) is 36.4 Å². The molecule has 0 N–H and O–H groups in total. The molecule has 0 aromatic heterocycles. The number of hydrogen-bond donors (Lipinski definition) is 0. The number of hydrogen-bond acceptors (Lipinski definition) is 2. The summed E-state index contributed by atoms with van der Waals surface area (Å²) in [4.78, 5) is 12.8. The minimum atomic E-state index is -0.181. The van der Waals surface area contributed by atoms with Crippen molar-refractivity contribution in [1.29, 1.82) is 0 Å². The molecule has 170 valence electrons. The van der Waals surface area contributed by atoms with Crippen LogP contribution in [0.4, 0.5) is 0 Å². The standard InChI is InChI=1S/C29H42O2/c1-20-11-14-23-19-25-21(2)12-15-26(29(25,5)18-17-24(20)28(23,3)4)31-27(30)16-13-22-9-7-6-8-10-22/h6-10,13,16,20-21,23-26H,11-12,14-15,17-19H2,1-5H3/b16-13+/t20-,21-,23+,24+,25-,26?,29+/m1/s1. The van der Waals surface area contributed by atoms with E-state index < -0.39 is 0 Å². The summed E-state index contributed by atoms with van der Waals surface area (Å²) < 4.78 is 6.21.